The summed E-state index contributed by atoms with van der Waals surface area (Å²) in [4.78, 5) is 0. The summed E-state index contributed by atoms with van der Waals surface area (Å²) < 4.78 is 15.2. The van der Waals surface area contributed by atoms with Gasteiger partial charge in [0, 0.05) is 0 Å². The van der Waals surface area contributed by atoms with Crippen LogP contribution in [0, 0.1) is 0 Å². The van der Waals surface area contributed by atoms with E-state index in [0.29, 0.717) is 0 Å². The average molecular weight is 385 g/mol. The molecule has 2 rings (SSSR count). The average Bonchev–Trinajstić information content (AvgIpc) is 2.56. The fourth-order valence-corrected chi connectivity index (χ4v) is 2.92. The van der Waals surface area contributed by atoms with E-state index in [1.54, 1.807) is 0 Å². The van der Waals surface area contributed by atoms with Gasteiger partial charge in [-0.1, -0.05) is 23.2 Å². The second-order valence-corrected chi connectivity index (χ2v) is 5.97. The Bertz CT molecular complexity index is 572. The maximum absolute atomic E-state index is 10.3. The predicted molar refractivity (Wildman–Crippen MR) is 82.8 cm³/mol. The Hall–Kier alpha value is -0.680. The lowest BCUT2D eigenvalue weighted by molar-refractivity contribution is -0.315. The summed E-state index contributed by atoms with van der Waals surface area (Å²) >= 11 is 12.0. The zero-order valence-corrected chi connectivity index (χ0v) is 14.1. The SMILES string of the molecule is COc1c(Cl)ccc(Cl)c1C(O)O[C@@H]1[C@@H](O)[C@@H](O)O[C@H](CO)[C@H]1O. The van der Waals surface area contributed by atoms with Crippen molar-refractivity contribution in [3.05, 3.63) is 27.7 Å². The van der Waals surface area contributed by atoms with Crippen LogP contribution in [0.15, 0.2) is 12.1 Å². The van der Waals surface area contributed by atoms with Gasteiger partial charge in [-0.25, -0.2) is 0 Å². The minimum Gasteiger partial charge on any atom is -0.495 e. The van der Waals surface area contributed by atoms with Crippen LogP contribution in [0.1, 0.15) is 11.9 Å². The molecule has 1 fully saturated rings. The van der Waals surface area contributed by atoms with Gasteiger partial charge in [-0.15, -0.1) is 0 Å². The molecule has 0 bridgehead atoms. The molecule has 24 heavy (non-hydrogen) atoms. The molecule has 0 spiro atoms. The molecular formula is C14H18Cl2O8. The highest BCUT2D eigenvalue weighted by Gasteiger charge is 2.45. The summed E-state index contributed by atoms with van der Waals surface area (Å²) in [6.45, 7) is -0.623. The number of aliphatic hydroxyl groups is 5. The Kier molecular flexibility index (Phi) is 6.66. The lowest BCUT2D eigenvalue weighted by atomic mass is 9.99. The number of ether oxygens (including phenoxy) is 3. The zero-order chi connectivity index (χ0) is 18.0. The normalized spacial score (nSPS) is 31.8. The van der Waals surface area contributed by atoms with Gasteiger partial charge in [0.2, 0.25) is 0 Å². The molecule has 1 aliphatic rings. The molecule has 0 aliphatic carbocycles. The maximum Gasteiger partial charge on any atom is 0.186 e. The molecular weight excluding hydrogens is 367 g/mol. The number of benzene rings is 1. The molecule has 5 N–H and O–H groups in total. The first kappa shape index (κ1) is 19.6. The highest BCUT2D eigenvalue weighted by molar-refractivity contribution is 6.34. The van der Waals surface area contributed by atoms with Gasteiger partial charge < -0.3 is 39.7 Å². The zero-order valence-electron chi connectivity index (χ0n) is 12.5. The van der Waals surface area contributed by atoms with Crippen LogP contribution in [0.2, 0.25) is 10.0 Å². The third-order valence-electron chi connectivity index (χ3n) is 3.67. The molecule has 1 unspecified atom stereocenters. The van der Waals surface area contributed by atoms with E-state index in [1.807, 2.05) is 0 Å². The number of halogens is 2. The lowest BCUT2D eigenvalue weighted by Crippen LogP contribution is -2.59. The van der Waals surface area contributed by atoms with E-state index >= 15 is 0 Å². The van der Waals surface area contributed by atoms with Gasteiger partial charge in [0.1, 0.15) is 30.2 Å². The standard InChI is InChI=1S/C14H18Cl2O8/c1-22-11-6(16)3-2-5(15)8(11)13(20)24-12-9(18)7(4-17)23-14(21)10(12)19/h2-3,7,9-10,12-14,17-21H,4H2,1H3/t7-,9-,10-,12+,13?,14+/m1/s1. The highest BCUT2D eigenvalue weighted by atomic mass is 35.5. The predicted octanol–water partition coefficient (Wildman–Crippen LogP) is -0.191. The van der Waals surface area contributed by atoms with E-state index < -0.39 is 43.6 Å². The molecule has 0 aromatic heterocycles. The van der Waals surface area contributed by atoms with Gasteiger partial charge in [-0.2, -0.15) is 0 Å². The number of hydrogen-bond donors (Lipinski definition) is 5. The first-order valence-electron chi connectivity index (χ1n) is 6.97. The van der Waals surface area contributed by atoms with Crippen LogP contribution in [0.3, 0.4) is 0 Å². The quantitative estimate of drug-likeness (QED) is 0.441. The molecule has 1 aliphatic heterocycles. The molecule has 1 saturated heterocycles. The van der Waals surface area contributed by atoms with E-state index in [1.165, 1.54) is 19.2 Å². The molecule has 136 valence electrons. The Balaban J connectivity index is 2.28. The van der Waals surface area contributed by atoms with Crippen LogP contribution in [-0.4, -0.2) is 70.0 Å². The van der Waals surface area contributed by atoms with Crippen LogP contribution in [0.5, 0.6) is 5.75 Å². The fraction of sp³-hybridized carbons (Fsp3) is 0.571. The van der Waals surface area contributed by atoms with Crippen molar-refractivity contribution in [3.63, 3.8) is 0 Å². The van der Waals surface area contributed by atoms with Crippen molar-refractivity contribution in [2.75, 3.05) is 13.7 Å². The molecule has 0 amide bonds. The Morgan fingerprint density at radius 3 is 2.38 bits per heavy atom. The van der Waals surface area contributed by atoms with Gasteiger partial charge in [0.15, 0.2) is 12.6 Å². The van der Waals surface area contributed by atoms with Crippen LogP contribution in [-0.2, 0) is 9.47 Å². The van der Waals surface area contributed by atoms with Crippen LogP contribution >= 0.6 is 23.2 Å². The van der Waals surface area contributed by atoms with E-state index in [9.17, 15) is 20.4 Å². The number of hydrogen-bond acceptors (Lipinski definition) is 8. The first-order chi connectivity index (χ1) is 11.3. The summed E-state index contributed by atoms with van der Waals surface area (Å²) in [7, 11) is 1.32. The van der Waals surface area contributed by atoms with Gasteiger partial charge in [-0.05, 0) is 12.1 Å². The Morgan fingerprint density at radius 2 is 1.79 bits per heavy atom. The van der Waals surface area contributed by atoms with Gasteiger partial charge in [0.25, 0.3) is 0 Å². The largest absolute Gasteiger partial charge is 0.495 e. The van der Waals surface area contributed by atoms with Gasteiger partial charge in [0.05, 0.1) is 29.3 Å². The molecule has 0 saturated carbocycles. The molecule has 1 heterocycles. The van der Waals surface area contributed by atoms with Crippen molar-refractivity contribution < 1.29 is 39.7 Å². The molecule has 8 nitrogen and oxygen atoms in total. The van der Waals surface area contributed by atoms with Crippen molar-refractivity contribution >= 4 is 23.2 Å². The summed E-state index contributed by atoms with van der Waals surface area (Å²) in [6.07, 6.45) is -9.27. The monoisotopic (exact) mass is 384 g/mol. The van der Waals surface area contributed by atoms with Crippen molar-refractivity contribution in [2.45, 2.75) is 37.0 Å². The number of aliphatic hydroxyl groups excluding tert-OH is 5. The Labute approximate surface area is 147 Å². The fourth-order valence-electron chi connectivity index (χ4n) is 2.43. The van der Waals surface area contributed by atoms with Crippen LogP contribution in [0.4, 0.5) is 0 Å². The van der Waals surface area contributed by atoms with Crippen molar-refractivity contribution in [2.24, 2.45) is 0 Å². The van der Waals surface area contributed by atoms with Gasteiger partial charge in [-0.3, -0.25) is 0 Å². The van der Waals surface area contributed by atoms with Gasteiger partial charge >= 0.3 is 0 Å². The van der Waals surface area contributed by atoms with Crippen molar-refractivity contribution in [1.82, 2.24) is 0 Å². The Morgan fingerprint density at radius 1 is 1.17 bits per heavy atom. The molecule has 1 aromatic carbocycles. The smallest absolute Gasteiger partial charge is 0.186 e. The molecule has 10 heteroatoms. The summed E-state index contributed by atoms with van der Waals surface area (Å²) in [6, 6.07) is 2.87. The van der Waals surface area contributed by atoms with Crippen LogP contribution in [0.25, 0.3) is 0 Å². The second-order valence-electron chi connectivity index (χ2n) is 5.16. The van der Waals surface area contributed by atoms with E-state index in [2.05, 4.69) is 0 Å². The van der Waals surface area contributed by atoms with E-state index in [-0.39, 0.29) is 21.4 Å². The van der Waals surface area contributed by atoms with Crippen molar-refractivity contribution in [3.8, 4) is 5.75 Å². The number of rotatable bonds is 5. The van der Waals surface area contributed by atoms with E-state index in [0.717, 1.165) is 0 Å². The second kappa shape index (κ2) is 8.13. The molecule has 1 aromatic rings. The third-order valence-corrected chi connectivity index (χ3v) is 4.30. The minimum absolute atomic E-state index is 0.00685. The molecule has 6 atom stereocenters. The third kappa shape index (κ3) is 3.77. The lowest BCUT2D eigenvalue weighted by Gasteiger charge is -2.40. The minimum atomic E-state index is -1.73. The molecule has 0 radical (unpaired) electrons. The maximum atomic E-state index is 10.3. The highest BCUT2D eigenvalue weighted by Crippen LogP contribution is 2.39. The van der Waals surface area contributed by atoms with Crippen molar-refractivity contribution in [1.29, 1.82) is 0 Å². The van der Waals surface area contributed by atoms with E-state index in [4.69, 9.17) is 42.5 Å². The number of methoxy groups -OCH3 is 1. The summed E-state index contributed by atoms with van der Waals surface area (Å²) in [5, 5.41) is 49.3. The first-order valence-corrected chi connectivity index (χ1v) is 7.73. The van der Waals surface area contributed by atoms with Crippen LogP contribution < -0.4 is 4.74 Å². The summed E-state index contributed by atoms with van der Waals surface area (Å²) in [5.41, 5.74) is -0.00685. The topological polar surface area (TPSA) is 129 Å². The summed E-state index contributed by atoms with van der Waals surface area (Å²) in [5.74, 6) is 0.0620.